The summed E-state index contributed by atoms with van der Waals surface area (Å²) in [4.78, 5) is 7.03. The Labute approximate surface area is 132 Å². The summed E-state index contributed by atoms with van der Waals surface area (Å²) in [5.41, 5.74) is 0. The van der Waals surface area contributed by atoms with Crippen molar-refractivity contribution in [2.45, 2.75) is 39.4 Å². The average molecular weight is 308 g/mol. The fraction of sp³-hybridized carbons (Fsp3) is 0.688. The van der Waals surface area contributed by atoms with Crippen LogP contribution >= 0.6 is 0 Å². The zero-order valence-electron chi connectivity index (χ0n) is 13.8. The molecule has 1 saturated heterocycles. The first kappa shape index (κ1) is 16.8. The molecule has 0 aromatic carbocycles. The van der Waals surface area contributed by atoms with Crippen molar-refractivity contribution in [1.29, 1.82) is 0 Å². The van der Waals surface area contributed by atoms with Gasteiger partial charge >= 0.3 is 0 Å². The molecule has 0 saturated carbocycles. The second kappa shape index (κ2) is 8.80. The number of hydrogen-bond donors (Lipinski definition) is 2. The van der Waals surface area contributed by atoms with E-state index in [1.165, 1.54) is 0 Å². The van der Waals surface area contributed by atoms with Crippen LogP contribution in [0.5, 0.6) is 0 Å². The van der Waals surface area contributed by atoms with Crippen LogP contribution in [-0.4, -0.2) is 55.8 Å². The zero-order chi connectivity index (χ0) is 15.8. The van der Waals surface area contributed by atoms with Gasteiger partial charge in [0, 0.05) is 31.7 Å². The molecule has 2 N–H and O–H groups in total. The lowest BCUT2D eigenvalue weighted by Gasteiger charge is -2.38. The maximum atomic E-state index is 5.50. The van der Waals surface area contributed by atoms with Crippen molar-refractivity contribution in [3.05, 3.63) is 24.2 Å². The molecule has 2 atom stereocenters. The van der Waals surface area contributed by atoms with E-state index in [1.54, 1.807) is 6.26 Å². The molecule has 0 amide bonds. The number of ether oxygens (including phenoxy) is 1. The first-order valence-electron chi connectivity index (χ1n) is 8.08. The average Bonchev–Trinajstić information content (AvgIpc) is 3.03. The van der Waals surface area contributed by atoms with Crippen molar-refractivity contribution in [3.63, 3.8) is 0 Å². The van der Waals surface area contributed by atoms with Crippen LogP contribution in [0.1, 0.15) is 26.5 Å². The summed E-state index contributed by atoms with van der Waals surface area (Å²) < 4.78 is 10.8. The summed E-state index contributed by atoms with van der Waals surface area (Å²) in [6.45, 7) is 11.4. The molecule has 124 valence electrons. The zero-order valence-corrected chi connectivity index (χ0v) is 13.8. The van der Waals surface area contributed by atoms with Crippen LogP contribution in [0, 0.1) is 0 Å². The van der Waals surface area contributed by atoms with Gasteiger partial charge in [-0.3, -0.25) is 4.90 Å². The molecule has 2 heterocycles. The molecule has 1 aromatic rings. The molecular formula is C16H28N4O2. The second-order valence-corrected chi connectivity index (χ2v) is 5.67. The number of nitrogens with one attached hydrogen (secondary N) is 2. The highest BCUT2D eigenvalue weighted by molar-refractivity contribution is 5.79. The van der Waals surface area contributed by atoms with Crippen LogP contribution in [0.15, 0.2) is 27.8 Å². The standard InChI is InChI=1S/C16H28N4O2/c1-4-17-16(19-11-15-6-5-8-22-15)18-10-13(2)20-7-9-21-12-14(20)3/h5-6,8,13-14H,4,7,9-12H2,1-3H3,(H2,17,18,19). The minimum atomic E-state index is 0.436. The molecule has 1 aliphatic rings. The van der Waals surface area contributed by atoms with Gasteiger partial charge in [-0.1, -0.05) is 0 Å². The fourth-order valence-corrected chi connectivity index (χ4v) is 2.66. The van der Waals surface area contributed by atoms with Crippen molar-refractivity contribution in [2.75, 3.05) is 32.8 Å². The lowest BCUT2D eigenvalue weighted by atomic mass is 10.2. The smallest absolute Gasteiger partial charge is 0.191 e. The molecule has 2 rings (SSSR count). The fourth-order valence-electron chi connectivity index (χ4n) is 2.66. The van der Waals surface area contributed by atoms with Crippen LogP contribution in [0.2, 0.25) is 0 Å². The van der Waals surface area contributed by atoms with Crippen LogP contribution in [-0.2, 0) is 11.3 Å². The highest BCUT2D eigenvalue weighted by Gasteiger charge is 2.23. The van der Waals surface area contributed by atoms with Gasteiger partial charge in [0.15, 0.2) is 5.96 Å². The number of guanidine groups is 1. The van der Waals surface area contributed by atoms with E-state index in [9.17, 15) is 0 Å². The third-order valence-electron chi connectivity index (χ3n) is 3.87. The Bertz CT molecular complexity index is 447. The minimum absolute atomic E-state index is 0.436. The molecule has 6 heteroatoms. The number of nitrogens with zero attached hydrogens (tertiary/aromatic N) is 2. The van der Waals surface area contributed by atoms with Gasteiger partial charge in [-0.05, 0) is 32.9 Å². The van der Waals surface area contributed by atoms with Gasteiger partial charge < -0.3 is 19.8 Å². The Balaban J connectivity index is 1.83. The van der Waals surface area contributed by atoms with Gasteiger partial charge in [0.05, 0.1) is 19.5 Å². The maximum absolute atomic E-state index is 5.50. The van der Waals surface area contributed by atoms with Gasteiger partial charge in [0.1, 0.15) is 12.3 Å². The van der Waals surface area contributed by atoms with E-state index in [2.05, 4.69) is 41.3 Å². The molecule has 2 unspecified atom stereocenters. The predicted molar refractivity (Wildman–Crippen MR) is 88.0 cm³/mol. The largest absolute Gasteiger partial charge is 0.467 e. The molecule has 1 aromatic heterocycles. The van der Waals surface area contributed by atoms with Crippen molar-refractivity contribution in [1.82, 2.24) is 15.5 Å². The lowest BCUT2D eigenvalue weighted by Crippen LogP contribution is -2.53. The van der Waals surface area contributed by atoms with Gasteiger partial charge in [0.25, 0.3) is 0 Å². The van der Waals surface area contributed by atoms with Crippen LogP contribution in [0.25, 0.3) is 0 Å². The molecule has 0 bridgehead atoms. The normalized spacial score (nSPS) is 21.6. The Hall–Kier alpha value is -1.53. The molecule has 6 nitrogen and oxygen atoms in total. The number of hydrogen-bond acceptors (Lipinski definition) is 4. The lowest BCUT2D eigenvalue weighted by molar-refractivity contribution is -0.0174. The van der Waals surface area contributed by atoms with Crippen molar-refractivity contribution >= 4 is 5.96 Å². The third kappa shape index (κ3) is 5.03. The Kier molecular flexibility index (Phi) is 6.74. The topological polar surface area (TPSA) is 62.0 Å². The van der Waals surface area contributed by atoms with Crippen LogP contribution < -0.4 is 10.6 Å². The maximum Gasteiger partial charge on any atom is 0.191 e. The molecule has 22 heavy (non-hydrogen) atoms. The van der Waals surface area contributed by atoms with Gasteiger partial charge in [-0.15, -0.1) is 0 Å². The summed E-state index contributed by atoms with van der Waals surface area (Å²) in [7, 11) is 0. The van der Waals surface area contributed by atoms with E-state index >= 15 is 0 Å². The van der Waals surface area contributed by atoms with Gasteiger partial charge in [0.2, 0.25) is 0 Å². The van der Waals surface area contributed by atoms with Gasteiger partial charge in [-0.2, -0.15) is 0 Å². The van der Waals surface area contributed by atoms with E-state index in [0.29, 0.717) is 18.6 Å². The van der Waals surface area contributed by atoms with Crippen molar-refractivity contribution in [3.8, 4) is 0 Å². The highest BCUT2D eigenvalue weighted by atomic mass is 16.5. The molecule has 0 aliphatic carbocycles. The van der Waals surface area contributed by atoms with E-state index in [0.717, 1.165) is 44.6 Å². The van der Waals surface area contributed by atoms with Crippen molar-refractivity contribution in [2.24, 2.45) is 4.99 Å². The minimum Gasteiger partial charge on any atom is -0.467 e. The predicted octanol–water partition coefficient (Wildman–Crippen LogP) is 1.44. The van der Waals surface area contributed by atoms with Crippen molar-refractivity contribution < 1.29 is 9.15 Å². The summed E-state index contributed by atoms with van der Waals surface area (Å²) >= 11 is 0. The Morgan fingerprint density at radius 1 is 1.50 bits per heavy atom. The Morgan fingerprint density at radius 2 is 2.36 bits per heavy atom. The highest BCUT2D eigenvalue weighted by Crippen LogP contribution is 2.10. The molecule has 1 aliphatic heterocycles. The van der Waals surface area contributed by atoms with Gasteiger partial charge in [-0.25, -0.2) is 4.99 Å². The summed E-state index contributed by atoms with van der Waals surface area (Å²) in [6.07, 6.45) is 1.67. The second-order valence-electron chi connectivity index (χ2n) is 5.67. The van der Waals surface area contributed by atoms with E-state index < -0.39 is 0 Å². The number of furan rings is 1. The summed E-state index contributed by atoms with van der Waals surface area (Å²) in [5.74, 6) is 1.69. The number of aliphatic imine (C=N–C) groups is 1. The number of rotatable bonds is 6. The summed E-state index contributed by atoms with van der Waals surface area (Å²) in [6, 6.07) is 4.72. The molecule has 0 spiro atoms. The molecular weight excluding hydrogens is 280 g/mol. The first-order chi connectivity index (χ1) is 10.7. The monoisotopic (exact) mass is 308 g/mol. The Morgan fingerprint density at radius 3 is 3.05 bits per heavy atom. The first-order valence-corrected chi connectivity index (χ1v) is 8.08. The molecule has 0 radical (unpaired) electrons. The van der Waals surface area contributed by atoms with E-state index in [4.69, 9.17) is 9.15 Å². The quantitative estimate of drug-likeness (QED) is 0.615. The SMILES string of the molecule is CCNC(=NCc1ccco1)NCC(C)N1CCOCC1C. The third-order valence-corrected chi connectivity index (χ3v) is 3.87. The van der Waals surface area contributed by atoms with Crippen LogP contribution in [0.3, 0.4) is 0 Å². The summed E-state index contributed by atoms with van der Waals surface area (Å²) in [5, 5.41) is 6.68. The molecule has 1 fully saturated rings. The van der Waals surface area contributed by atoms with E-state index in [1.807, 2.05) is 12.1 Å². The van der Waals surface area contributed by atoms with Crippen LogP contribution in [0.4, 0.5) is 0 Å². The van der Waals surface area contributed by atoms with E-state index in [-0.39, 0.29) is 0 Å². The number of morpholine rings is 1.